The van der Waals surface area contributed by atoms with Gasteiger partial charge in [0.25, 0.3) is 0 Å². The standard InChI is InChI=1S/C18H21FN4O2/c1-25-15-5-2-4-14(12-15)20-18(24)13-22-8-10-23(11-9-22)17-7-3-6-16(19)21-17/h2-7,12H,8-11,13H2,1H3,(H,20,24). The van der Waals surface area contributed by atoms with E-state index in [1.807, 2.05) is 23.1 Å². The second-order valence-electron chi connectivity index (χ2n) is 5.86. The Bertz CT molecular complexity index is 733. The van der Waals surface area contributed by atoms with Gasteiger partial charge in [-0.3, -0.25) is 9.69 Å². The molecule has 1 fully saturated rings. The van der Waals surface area contributed by atoms with E-state index in [2.05, 4.69) is 15.2 Å². The smallest absolute Gasteiger partial charge is 0.238 e. The Hall–Kier alpha value is -2.67. The van der Waals surface area contributed by atoms with Crippen LogP contribution in [0, 0.1) is 5.95 Å². The number of amides is 1. The molecule has 0 unspecified atom stereocenters. The zero-order valence-electron chi connectivity index (χ0n) is 14.1. The highest BCUT2D eigenvalue weighted by molar-refractivity contribution is 5.92. The molecule has 2 heterocycles. The molecule has 1 amide bonds. The molecule has 1 N–H and O–H groups in total. The number of ether oxygens (including phenoxy) is 1. The summed E-state index contributed by atoms with van der Waals surface area (Å²) in [6, 6.07) is 12.1. The molecule has 0 saturated carbocycles. The maximum atomic E-state index is 13.2. The molecular weight excluding hydrogens is 323 g/mol. The molecule has 0 bridgehead atoms. The fraction of sp³-hybridized carbons (Fsp3) is 0.333. The van der Waals surface area contributed by atoms with Crippen LogP contribution in [0.15, 0.2) is 42.5 Å². The maximum Gasteiger partial charge on any atom is 0.238 e. The number of hydrogen-bond donors (Lipinski definition) is 1. The summed E-state index contributed by atoms with van der Waals surface area (Å²) in [5, 5.41) is 2.88. The van der Waals surface area contributed by atoms with Crippen LogP contribution >= 0.6 is 0 Å². The van der Waals surface area contributed by atoms with Crippen LogP contribution in [0.5, 0.6) is 5.75 Å². The van der Waals surface area contributed by atoms with E-state index in [0.717, 1.165) is 13.1 Å². The first-order chi connectivity index (χ1) is 12.1. The minimum atomic E-state index is -0.474. The van der Waals surface area contributed by atoms with E-state index in [0.29, 0.717) is 36.9 Å². The van der Waals surface area contributed by atoms with Crippen molar-refractivity contribution in [3.05, 3.63) is 48.4 Å². The van der Waals surface area contributed by atoms with E-state index in [1.165, 1.54) is 6.07 Å². The van der Waals surface area contributed by atoms with Crippen molar-refractivity contribution in [1.29, 1.82) is 0 Å². The third kappa shape index (κ3) is 4.67. The zero-order valence-corrected chi connectivity index (χ0v) is 14.1. The second-order valence-corrected chi connectivity index (χ2v) is 5.86. The largest absolute Gasteiger partial charge is 0.497 e. The van der Waals surface area contributed by atoms with Crippen LogP contribution in [0.25, 0.3) is 0 Å². The molecule has 7 heteroatoms. The molecule has 25 heavy (non-hydrogen) atoms. The number of aromatic nitrogens is 1. The summed E-state index contributed by atoms with van der Waals surface area (Å²) < 4.78 is 18.4. The van der Waals surface area contributed by atoms with E-state index >= 15 is 0 Å². The lowest BCUT2D eigenvalue weighted by Crippen LogP contribution is -2.49. The average Bonchev–Trinajstić information content (AvgIpc) is 2.62. The minimum Gasteiger partial charge on any atom is -0.497 e. The van der Waals surface area contributed by atoms with Crippen LogP contribution < -0.4 is 15.0 Å². The number of anilines is 2. The summed E-state index contributed by atoms with van der Waals surface area (Å²) in [5.74, 6) is 0.803. The number of halogens is 1. The van der Waals surface area contributed by atoms with Gasteiger partial charge >= 0.3 is 0 Å². The van der Waals surface area contributed by atoms with Crippen LogP contribution in [0.2, 0.25) is 0 Å². The predicted octanol–water partition coefficient (Wildman–Crippen LogP) is 1.99. The number of nitrogens with zero attached hydrogens (tertiary/aromatic N) is 3. The van der Waals surface area contributed by atoms with Crippen molar-refractivity contribution in [3.8, 4) is 5.75 Å². The van der Waals surface area contributed by atoms with Crippen molar-refractivity contribution < 1.29 is 13.9 Å². The first kappa shape index (κ1) is 17.2. The average molecular weight is 344 g/mol. The van der Waals surface area contributed by atoms with Gasteiger partial charge in [-0.1, -0.05) is 12.1 Å². The monoisotopic (exact) mass is 344 g/mol. The third-order valence-electron chi connectivity index (χ3n) is 4.12. The first-order valence-electron chi connectivity index (χ1n) is 8.18. The highest BCUT2D eigenvalue weighted by Crippen LogP contribution is 2.17. The van der Waals surface area contributed by atoms with Gasteiger partial charge in [0, 0.05) is 37.9 Å². The van der Waals surface area contributed by atoms with E-state index in [9.17, 15) is 9.18 Å². The van der Waals surface area contributed by atoms with Gasteiger partial charge in [0.15, 0.2) is 0 Å². The van der Waals surface area contributed by atoms with Gasteiger partial charge in [0.2, 0.25) is 11.9 Å². The Morgan fingerprint density at radius 3 is 2.68 bits per heavy atom. The van der Waals surface area contributed by atoms with Crippen LogP contribution in [0.1, 0.15) is 0 Å². The fourth-order valence-corrected chi connectivity index (χ4v) is 2.81. The fourth-order valence-electron chi connectivity index (χ4n) is 2.81. The molecule has 1 aromatic heterocycles. The number of rotatable bonds is 5. The van der Waals surface area contributed by atoms with Crippen molar-refractivity contribution in [2.24, 2.45) is 0 Å². The van der Waals surface area contributed by atoms with Crippen molar-refractivity contribution >= 4 is 17.4 Å². The van der Waals surface area contributed by atoms with E-state index in [-0.39, 0.29) is 5.91 Å². The summed E-state index contributed by atoms with van der Waals surface area (Å²) in [7, 11) is 1.59. The second kappa shape index (κ2) is 7.94. The molecule has 0 aliphatic carbocycles. The molecule has 0 atom stereocenters. The number of hydrogen-bond acceptors (Lipinski definition) is 5. The quantitative estimate of drug-likeness (QED) is 0.841. The molecule has 3 rings (SSSR count). The number of carbonyl (C=O) groups is 1. The van der Waals surface area contributed by atoms with Gasteiger partial charge < -0.3 is 15.0 Å². The molecule has 0 radical (unpaired) electrons. The molecule has 6 nitrogen and oxygen atoms in total. The first-order valence-corrected chi connectivity index (χ1v) is 8.18. The van der Waals surface area contributed by atoms with Gasteiger partial charge in [-0.25, -0.2) is 4.98 Å². The Kier molecular flexibility index (Phi) is 5.45. The maximum absolute atomic E-state index is 13.2. The summed E-state index contributed by atoms with van der Waals surface area (Å²) >= 11 is 0. The van der Waals surface area contributed by atoms with E-state index in [1.54, 1.807) is 25.3 Å². The topological polar surface area (TPSA) is 57.7 Å². The highest BCUT2D eigenvalue weighted by Gasteiger charge is 2.20. The van der Waals surface area contributed by atoms with E-state index in [4.69, 9.17) is 4.74 Å². The number of pyridine rings is 1. The highest BCUT2D eigenvalue weighted by atomic mass is 19.1. The Morgan fingerprint density at radius 1 is 1.20 bits per heavy atom. The van der Waals surface area contributed by atoms with Crippen molar-refractivity contribution in [2.75, 3.05) is 50.1 Å². The number of piperazine rings is 1. The Balaban J connectivity index is 1.49. The van der Waals surface area contributed by atoms with Crippen LogP contribution in [-0.4, -0.2) is 55.6 Å². The van der Waals surface area contributed by atoms with Crippen molar-refractivity contribution in [2.45, 2.75) is 0 Å². The normalized spacial score (nSPS) is 15.0. The molecule has 132 valence electrons. The number of nitrogens with one attached hydrogen (secondary N) is 1. The molecule has 1 aliphatic rings. The summed E-state index contributed by atoms with van der Waals surface area (Å²) in [6.45, 7) is 3.20. The third-order valence-corrected chi connectivity index (χ3v) is 4.12. The summed E-state index contributed by atoms with van der Waals surface area (Å²) in [5.41, 5.74) is 0.715. The van der Waals surface area contributed by atoms with Crippen molar-refractivity contribution in [1.82, 2.24) is 9.88 Å². The lowest BCUT2D eigenvalue weighted by atomic mass is 10.2. The van der Waals surface area contributed by atoms with Crippen LogP contribution in [0.3, 0.4) is 0 Å². The SMILES string of the molecule is COc1cccc(NC(=O)CN2CCN(c3cccc(F)n3)CC2)c1. The van der Waals surface area contributed by atoms with Crippen LogP contribution in [0.4, 0.5) is 15.9 Å². The molecular formula is C18H21FN4O2. The van der Waals surface area contributed by atoms with Crippen molar-refractivity contribution in [3.63, 3.8) is 0 Å². The molecule has 1 saturated heterocycles. The predicted molar refractivity (Wildman–Crippen MR) is 94.5 cm³/mol. The summed E-state index contributed by atoms with van der Waals surface area (Å²) in [6.07, 6.45) is 0. The Morgan fingerprint density at radius 2 is 1.96 bits per heavy atom. The number of carbonyl (C=O) groups excluding carboxylic acids is 1. The molecule has 2 aromatic rings. The zero-order chi connectivity index (χ0) is 17.6. The van der Waals surface area contributed by atoms with E-state index < -0.39 is 5.95 Å². The van der Waals surface area contributed by atoms with Gasteiger partial charge in [-0.15, -0.1) is 0 Å². The lowest BCUT2D eigenvalue weighted by molar-refractivity contribution is -0.117. The Labute approximate surface area is 146 Å². The molecule has 0 spiro atoms. The van der Waals surface area contributed by atoms with Crippen LogP contribution in [-0.2, 0) is 4.79 Å². The number of methoxy groups -OCH3 is 1. The van der Waals surface area contributed by atoms with Gasteiger partial charge in [-0.2, -0.15) is 4.39 Å². The molecule has 1 aromatic carbocycles. The lowest BCUT2D eigenvalue weighted by Gasteiger charge is -2.34. The van der Waals surface area contributed by atoms with Gasteiger partial charge in [-0.05, 0) is 24.3 Å². The van der Waals surface area contributed by atoms with Gasteiger partial charge in [0.05, 0.1) is 13.7 Å². The minimum absolute atomic E-state index is 0.0643. The number of benzene rings is 1. The summed E-state index contributed by atoms with van der Waals surface area (Å²) in [4.78, 5) is 20.2. The molecule has 1 aliphatic heterocycles. The van der Waals surface area contributed by atoms with Gasteiger partial charge in [0.1, 0.15) is 11.6 Å².